The Morgan fingerprint density at radius 2 is 1.82 bits per heavy atom. The molecule has 22 heavy (non-hydrogen) atoms. The van der Waals surface area contributed by atoms with Crippen LogP contribution in [0, 0.1) is 0 Å². The molecule has 0 bridgehead atoms. The van der Waals surface area contributed by atoms with E-state index in [-0.39, 0.29) is 5.89 Å². The fraction of sp³-hybridized carbons (Fsp3) is 0.0714. The highest BCUT2D eigenvalue weighted by atomic mass is 19.4. The van der Waals surface area contributed by atoms with Gasteiger partial charge < -0.3 is 9.73 Å². The lowest BCUT2D eigenvalue weighted by Gasteiger charge is -2.11. The Labute approximate surface area is 122 Å². The fourth-order valence-corrected chi connectivity index (χ4v) is 1.85. The van der Waals surface area contributed by atoms with Gasteiger partial charge in [-0.3, -0.25) is 0 Å². The molecular formula is C14H9F3N4O. The third-order valence-electron chi connectivity index (χ3n) is 2.86. The molecule has 5 nitrogen and oxygen atoms in total. The minimum atomic E-state index is -4.36. The van der Waals surface area contributed by atoms with Crippen LogP contribution >= 0.6 is 0 Å². The quantitative estimate of drug-likeness (QED) is 0.795. The van der Waals surface area contributed by atoms with Gasteiger partial charge in [-0.2, -0.15) is 13.2 Å². The first-order valence-corrected chi connectivity index (χ1v) is 6.20. The number of rotatable bonds is 3. The zero-order valence-electron chi connectivity index (χ0n) is 11.0. The molecule has 1 N–H and O–H groups in total. The third-order valence-corrected chi connectivity index (χ3v) is 2.86. The van der Waals surface area contributed by atoms with Crippen molar-refractivity contribution < 1.29 is 17.6 Å². The van der Waals surface area contributed by atoms with Crippen molar-refractivity contribution in [3.63, 3.8) is 0 Å². The van der Waals surface area contributed by atoms with E-state index < -0.39 is 11.7 Å². The van der Waals surface area contributed by atoms with Crippen LogP contribution in [0.2, 0.25) is 0 Å². The van der Waals surface area contributed by atoms with E-state index >= 15 is 0 Å². The van der Waals surface area contributed by atoms with Gasteiger partial charge in [0, 0.05) is 11.9 Å². The summed E-state index contributed by atoms with van der Waals surface area (Å²) in [5, 5.41) is 10.3. The average molecular weight is 306 g/mol. The molecule has 0 spiro atoms. The van der Waals surface area contributed by atoms with Gasteiger partial charge in [-0.25, -0.2) is 4.98 Å². The molecule has 0 radical (unpaired) electrons. The van der Waals surface area contributed by atoms with E-state index in [4.69, 9.17) is 4.42 Å². The summed E-state index contributed by atoms with van der Waals surface area (Å²) < 4.78 is 42.7. The van der Waals surface area contributed by atoms with Gasteiger partial charge in [-0.15, -0.1) is 10.2 Å². The zero-order valence-corrected chi connectivity index (χ0v) is 11.0. The predicted molar refractivity (Wildman–Crippen MR) is 72.3 cm³/mol. The third kappa shape index (κ3) is 2.90. The first kappa shape index (κ1) is 14.1. The number of aromatic nitrogens is 3. The zero-order chi connectivity index (χ0) is 15.6. The molecule has 1 aromatic carbocycles. The van der Waals surface area contributed by atoms with Crippen LogP contribution < -0.4 is 5.32 Å². The van der Waals surface area contributed by atoms with Crippen LogP contribution in [-0.4, -0.2) is 15.2 Å². The first-order valence-electron chi connectivity index (χ1n) is 6.20. The minimum absolute atomic E-state index is 0.218. The van der Waals surface area contributed by atoms with E-state index in [0.29, 0.717) is 17.1 Å². The smallest absolute Gasteiger partial charge is 0.416 e. The molecule has 0 aliphatic rings. The Kier molecular flexibility index (Phi) is 3.50. The van der Waals surface area contributed by atoms with E-state index in [2.05, 4.69) is 20.5 Å². The molecule has 0 aliphatic carbocycles. The molecule has 0 fully saturated rings. The Bertz CT molecular complexity index is 755. The average Bonchev–Trinajstić information content (AvgIpc) is 3.01. The minimum Gasteiger partial charge on any atom is -0.422 e. The lowest BCUT2D eigenvalue weighted by molar-refractivity contribution is -0.137. The highest BCUT2D eigenvalue weighted by Crippen LogP contribution is 2.31. The number of pyridine rings is 1. The van der Waals surface area contributed by atoms with Crippen molar-refractivity contribution in [1.82, 2.24) is 15.2 Å². The number of anilines is 2. The number of halogens is 3. The van der Waals surface area contributed by atoms with E-state index in [9.17, 15) is 13.2 Å². The van der Waals surface area contributed by atoms with Crippen LogP contribution in [0.1, 0.15) is 5.56 Å². The van der Waals surface area contributed by atoms with Gasteiger partial charge in [-0.05, 0) is 36.4 Å². The Morgan fingerprint density at radius 3 is 2.45 bits per heavy atom. The first-order chi connectivity index (χ1) is 10.5. The maximum atomic E-state index is 12.5. The number of alkyl halides is 3. The summed E-state index contributed by atoms with van der Waals surface area (Å²) in [4.78, 5) is 4.14. The van der Waals surface area contributed by atoms with Gasteiger partial charge in [0.2, 0.25) is 6.39 Å². The lowest BCUT2D eigenvalue weighted by atomic mass is 10.2. The van der Waals surface area contributed by atoms with Crippen molar-refractivity contribution >= 4 is 11.4 Å². The van der Waals surface area contributed by atoms with Gasteiger partial charge in [0.25, 0.3) is 5.89 Å². The van der Waals surface area contributed by atoms with Gasteiger partial charge in [0.1, 0.15) is 0 Å². The molecule has 3 aromatic rings. The van der Waals surface area contributed by atoms with Crippen molar-refractivity contribution in [2.75, 3.05) is 5.32 Å². The fourth-order valence-electron chi connectivity index (χ4n) is 1.85. The van der Waals surface area contributed by atoms with Crippen molar-refractivity contribution in [1.29, 1.82) is 0 Å². The topological polar surface area (TPSA) is 63.8 Å². The van der Waals surface area contributed by atoms with Crippen molar-refractivity contribution in [2.45, 2.75) is 6.18 Å². The van der Waals surface area contributed by atoms with Crippen molar-refractivity contribution in [3.8, 4) is 11.6 Å². The second kappa shape index (κ2) is 5.47. The van der Waals surface area contributed by atoms with Crippen LogP contribution in [0.25, 0.3) is 11.6 Å². The Hall–Kier alpha value is -2.90. The van der Waals surface area contributed by atoms with Gasteiger partial charge in [-0.1, -0.05) is 0 Å². The van der Waals surface area contributed by atoms with Crippen LogP contribution in [0.3, 0.4) is 0 Å². The molecule has 2 heterocycles. The highest BCUT2D eigenvalue weighted by molar-refractivity contribution is 5.73. The SMILES string of the molecule is FC(F)(F)c1ccc(Nc2cccnc2-c2nnco2)cc1. The normalized spacial score (nSPS) is 11.4. The van der Waals surface area contributed by atoms with E-state index in [1.165, 1.54) is 18.5 Å². The summed E-state index contributed by atoms with van der Waals surface area (Å²) in [5.41, 5.74) is 0.745. The van der Waals surface area contributed by atoms with E-state index in [1.54, 1.807) is 18.3 Å². The molecule has 2 aromatic heterocycles. The van der Waals surface area contributed by atoms with Crippen LogP contribution in [-0.2, 0) is 6.18 Å². The second-order valence-corrected chi connectivity index (χ2v) is 4.34. The highest BCUT2D eigenvalue weighted by Gasteiger charge is 2.29. The largest absolute Gasteiger partial charge is 0.422 e. The van der Waals surface area contributed by atoms with Crippen molar-refractivity contribution in [3.05, 3.63) is 54.6 Å². The van der Waals surface area contributed by atoms with Crippen LogP contribution in [0.4, 0.5) is 24.5 Å². The lowest BCUT2D eigenvalue weighted by Crippen LogP contribution is -2.04. The molecule has 0 saturated carbocycles. The van der Waals surface area contributed by atoms with Gasteiger partial charge in [0.15, 0.2) is 5.69 Å². The second-order valence-electron chi connectivity index (χ2n) is 4.34. The monoisotopic (exact) mass is 306 g/mol. The van der Waals surface area contributed by atoms with Crippen molar-refractivity contribution in [2.24, 2.45) is 0 Å². The molecule has 8 heteroatoms. The Morgan fingerprint density at radius 1 is 1.05 bits per heavy atom. The summed E-state index contributed by atoms with van der Waals surface area (Å²) in [7, 11) is 0. The van der Waals surface area contributed by atoms with Gasteiger partial charge >= 0.3 is 6.18 Å². The molecule has 0 aliphatic heterocycles. The number of nitrogens with zero attached hydrogens (tertiary/aromatic N) is 3. The molecular weight excluding hydrogens is 297 g/mol. The van der Waals surface area contributed by atoms with Crippen LogP contribution in [0.15, 0.2) is 53.4 Å². The predicted octanol–water partition coefficient (Wildman–Crippen LogP) is 3.89. The molecule has 0 amide bonds. The van der Waals surface area contributed by atoms with Gasteiger partial charge in [0.05, 0.1) is 11.3 Å². The summed E-state index contributed by atoms with van der Waals surface area (Å²) in [5.74, 6) is 0.218. The van der Waals surface area contributed by atoms with E-state index in [1.807, 2.05) is 0 Å². The molecule has 0 saturated heterocycles. The maximum Gasteiger partial charge on any atom is 0.416 e. The number of benzene rings is 1. The molecule has 3 rings (SSSR count). The number of hydrogen-bond donors (Lipinski definition) is 1. The number of hydrogen-bond acceptors (Lipinski definition) is 5. The molecule has 112 valence electrons. The standard InChI is InChI=1S/C14H9F3N4O/c15-14(16,17)9-3-5-10(6-4-9)20-11-2-1-7-18-12(11)13-21-19-8-22-13/h1-8,20H. The maximum absolute atomic E-state index is 12.5. The summed E-state index contributed by atoms with van der Waals surface area (Å²) in [6.45, 7) is 0. The van der Waals surface area contributed by atoms with E-state index in [0.717, 1.165) is 12.1 Å². The molecule has 0 unspecified atom stereocenters. The summed E-state index contributed by atoms with van der Waals surface area (Å²) >= 11 is 0. The Balaban J connectivity index is 1.88. The summed E-state index contributed by atoms with van der Waals surface area (Å²) in [6, 6.07) is 8.09. The number of nitrogens with one attached hydrogen (secondary N) is 1. The molecule has 0 atom stereocenters. The summed E-state index contributed by atoms with van der Waals surface area (Å²) in [6.07, 6.45) is -1.63. The van der Waals surface area contributed by atoms with Crippen LogP contribution in [0.5, 0.6) is 0 Å².